The molecule has 1 aliphatic carbocycles. The first kappa shape index (κ1) is 19.7. The number of hydrogen-bond donors (Lipinski definition) is 1. The number of hydrogen-bond acceptors (Lipinski definition) is 5. The van der Waals surface area contributed by atoms with Gasteiger partial charge in [-0.1, -0.05) is 30.3 Å². The van der Waals surface area contributed by atoms with E-state index in [0.717, 1.165) is 18.4 Å². The maximum Gasteiger partial charge on any atom is 0.410 e. The molecule has 1 saturated carbocycles. The maximum absolute atomic E-state index is 12.0. The minimum absolute atomic E-state index is 0.0926. The topological polar surface area (TPSA) is 88.1 Å². The number of benzene rings is 1. The first-order valence-electron chi connectivity index (χ1n) is 9.10. The predicted molar refractivity (Wildman–Crippen MR) is 104 cm³/mol. The number of sulfonamides is 1. The summed E-state index contributed by atoms with van der Waals surface area (Å²) in [5.41, 5.74) is 0.390. The molecule has 7 nitrogen and oxygen atoms in total. The fraction of sp³-hybridized carbons (Fsp3) is 0.579. The molecule has 0 unspecified atom stereocenters. The molecule has 1 saturated heterocycles. The third kappa shape index (κ3) is 5.22. The highest BCUT2D eigenvalue weighted by Crippen LogP contribution is 2.51. The number of nitrogens with one attached hydrogen (secondary N) is 1. The van der Waals surface area contributed by atoms with Gasteiger partial charge in [-0.25, -0.2) is 18.0 Å². The van der Waals surface area contributed by atoms with Gasteiger partial charge in [0.15, 0.2) is 0 Å². The number of ether oxygens (including phenoxy) is 1. The van der Waals surface area contributed by atoms with E-state index in [4.69, 9.17) is 4.74 Å². The van der Waals surface area contributed by atoms with Crippen LogP contribution in [0.25, 0.3) is 0 Å². The van der Waals surface area contributed by atoms with Crippen LogP contribution in [-0.4, -0.2) is 44.3 Å². The van der Waals surface area contributed by atoms with Crippen LogP contribution in [0.5, 0.6) is 0 Å². The van der Waals surface area contributed by atoms with Crippen LogP contribution in [-0.2, 0) is 20.5 Å². The Hall–Kier alpha value is -2.09. The van der Waals surface area contributed by atoms with Gasteiger partial charge in [0.2, 0.25) is 0 Å². The zero-order chi connectivity index (χ0) is 19.7. The SMILES string of the molecule is CC(C)(C)OC(=O)N1CC2(CC(/C=N/NS(=O)(=O)Cc3ccccc3)C2)C1. The Morgan fingerprint density at radius 1 is 1.30 bits per heavy atom. The van der Waals surface area contributed by atoms with E-state index in [1.54, 1.807) is 35.4 Å². The molecule has 2 fully saturated rings. The minimum atomic E-state index is -3.49. The van der Waals surface area contributed by atoms with E-state index in [1.165, 1.54) is 0 Å². The minimum Gasteiger partial charge on any atom is -0.444 e. The average molecular weight is 394 g/mol. The summed E-state index contributed by atoms with van der Waals surface area (Å²) in [5.74, 6) is 0.148. The summed E-state index contributed by atoms with van der Waals surface area (Å²) < 4.78 is 29.4. The molecule has 1 aromatic rings. The molecule has 1 aliphatic heterocycles. The second kappa shape index (κ2) is 7.14. The molecular formula is C19H27N3O4S. The Balaban J connectivity index is 1.39. The van der Waals surface area contributed by atoms with Crippen molar-refractivity contribution in [3.05, 3.63) is 35.9 Å². The lowest BCUT2D eigenvalue weighted by Gasteiger charge is -2.58. The summed E-state index contributed by atoms with van der Waals surface area (Å²) in [6.45, 7) is 6.97. The Morgan fingerprint density at radius 2 is 1.93 bits per heavy atom. The van der Waals surface area contributed by atoms with Crippen molar-refractivity contribution < 1.29 is 17.9 Å². The second-order valence-electron chi connectivity index (χ2n) is 8.62. The zero-order valence-corrected chi connectivity index (χ0v) is 16.8. The molecule has 0 aromatic heterocycles. The van der Waals surface area contributed by atoms with Crippen LogP contribution in [0.4, 0.5) is 4.79 Å². The predicted octanol–water partition coefficient (Wildman–Crippen LogP) is 2.74. The average Bonchev–Trinajstić information content (AvgIpc) is 2.46. The normalized spacial score (nSPS) is 19.6. The van der Waals surface area contributed by atoms with Crippen LogP contribution in [0.2, 0.25) is 0 Å². The third-order valence-electron chi connectivity index (χ3n) is 4.77. The van der Waals surface area contributed by atoms with Crippen molar-refractivity contribution in [1.82, 2.24) is 9.73 Å². The first-order chi connectivity index (χ1) is 12.6. The van der Waals surface area contributed by atoms with Crippen molar-refractivity contribution >= 4 is 22.3 Å². The van der Waals surface area contributed by atoms with Crippen LogP contribution < -0.4 is 4.83 Å². The first-order valence-corrected chi connectivity index (χ1v) is 10.8. The molecule has 1 N–H and O–H groups in total. The summed E-state index contributed by atoms with van der Waals surface area (Å²) in [6.07, 6.45) is 3.23. The molecule has 2 aliphatic rings. The van der Waals surface area contributed by atoms with Crippen molar-refractivity contribution in [3.8, 4) is 0 Å². The van der Waals surface area contributed by atoms with Gasteiger partial charge in [-0.15, -0.1) is 0 Å². The number of carbonyl (C=O) groups is 1. The van der Waals surface area contributed by atoms with Crippen LogP contribution in [0.15, 0.2) is 35.4 Å². The number of rotatable bonds is 5. The summed E-state index contributed by atoms with van der Waals surface area (Å²) in [6, 6.07) is 9.00. The monoisotopic (exact) mass is 393 g/mol. The van der Waals surface area contributed by atoms with Crippen molar-refractivity contribution in [2.75, 3.05) is 13.1 Å². The fourth-order valence-electron chi connectivity index (χ4n) is 3.68. The molecule has 8 heteroatoms. The van der Waals surface area contributed by atoms with Gasteiger partial charge in [-0.2, -0.15) is 5.10 Å². The van der Waals surface area contributed by atoms with Gasteiger partial charge < -0.3 is 9.64 Å². The molecule has 3 rings (SSSR count). The van der Waals surface area contributed by atoms with Gasteiger partial charge >= 0.3 is 6.09 Å². The highest BCUT2D eigenvalue weighted by molar-refractivity contribution is 7.88. The second-order valence-corrected chi connectivity index (χ2v) is 10.3. The summed E-state index contributed by atoms with van der Waals surface area (Å²) in [4.78, 5) is 16.0. The third-order valence-corrected chi connectivity index (χ3v) is 5.87. The van der Waals surface area contributed by atoms with E-state index >= 15 is 0 Å². The number of amides is 1. The van der Waals surface area contributed by atoms with Gasteiger partial charge in [-0.3, -0.25) is 0 Å². The Kier molecular flexibility index (Phi) is 5.20. The lowest BCUT2D eigenvalue weighted by Crippen LogP contribution is -2.64. The molecule has 1 heterocycles. The van der Waals surface area contributed by atoms with Gasteiger partial charge in [0.1, 0.15) is 5.60 Å². The number of nitrogens with zero attached hydrogens (tertiary/aromatic N) is 2. The molecule has 1 spiro atoms. The largest absolute Gasteiger partial charge is 0.444 e. The summed E-state index contributed by atoms with van der Waals surface area (Å²) in [5, 5.41) is 3.92. The maximum atomic E-state index is 12.0. The quantitative estimate of drug-likeness (QED) is 0.615. The van der Waals surface area contributed by atoms with Crippen LogP contribution in [0.3, 0.4) is 0 Å². The van der Waals surface area contributed by atoms with Crippen molar-refractivity contribution in [1.29, 1.82) is 0 Å². The van der Waals surface area contributed by atoms with Crippen molar-refractivity contribution in [2.24, 2.45) is 16.4 Å². The number of hydrazone groups is 1. The van der Waals surface area contributed by atoms with Gasteiger partial charge in [-0.05, 0) is 45.1 Å². The number of likely N-dealkylation sites (tertiary alicyclic amines) is 1. The smallest absolute Gasteiger partial charge is 0.410 e. The van der Waals surface area contributed by atoms with Crippen LogP contribution in [0.1, 0.15) is 39.2 Å². The number of carbonyl (C=O) groups excluding carboxylic acids is 1. The van der Waals surface area contributed by atoms with Crippen LogP contribution >= 0.6 is 0 Å². The summed E-state index contributed by atoms with van der Waals surface area (Å²) in [7, 11) is -3.49. The molecule has 1 amide bonds. The van der Waals surface area contributed by atoms with E-state index in [-0.39, 0.29) is 23.2 Å². The lowest BCUT2D eigenvalue weighted by atomic mass is 9.58. The molecule has 27 heavy (non-hydrogen) atoms. The zero-order valence-electron chi connectivity index (χ0n) is 16.0. The molecule has 0 atom stereocenters. The van der Waals surface area contributed by atoms with E-state index < -0.39 is 15.6 Å². The standard InChI is InChI=1S/C19H27N3O4S/c1-18(2,3)26-17(23)22-13-19(14-22)9-16(10-19)11-20-21-27(24,25)12-15-7-5-4-6-8-15/h4-8,11,16,21H,9-10,12-14H2,1-3H3/b20-11+. The molecular weight excluding hydrogens is 366 g/mol. The van der Waals surface area contributed by atoms with Gasteiger partial charge in [0, 0.05) is 24.7 Å². The lowest BCUT2D eigenvalue weighted by molar-refractivity contribution is -0.0805. The Labute approximate surface area is 160 Å². The van der Waals surface area contributed by atoms with E-state index in [2.05, 4.69) is 9.93 Å². The highest BCUT2D eigenvalue weighted by atomic mass is 32.2. The van der Waals surface area contributed by atoms with Gasteiger partial charge in [0.25, 0.3) is 10.0 Å². The van der Waals surface area contributed by atoms with Gasteiger partial charge in [0.05, 0.1) is 5.75 Å². The van der Waals surface area contributed by atoms with Crippen LogP contribution in [0, 0.1) is 11.3 Å². The van der Waals surface area contributed by atoms with E-state index in [1.807, 2.05) is 26.8 Å². The Bertz CT molecular complexity index is 801. The molecule has 148 valence electrons. The molecule has 0 radical (unpaired) electrons. The fourth-order valence-corrected chi connectivity index (χ4v) is 4.59. The molecule has 0 bridgehead atoms. The van der Waals surface area contributed by atoms with E-state index in [0.29, 0.717) is 13.1 Å². The Morgan fingerprint density at radius 3 is 2.52 bits per heavy atom. The van der Waals surface area contributed by atoms with Crippen molar-refractivity contribution in [2.45, 2.75) is 45.0 Å². The molecule has 1 aromatic carbocycles. The van der Waals surface area contributed by atoms with Crippen molar-refractivity contribution in [3.63, 3.8) is 0 Å². The highest BCUT2D eigenvalue weighted by Gasteiger charge is 2.53. The van der Waals surface area contributed by atoms with E-state index in [9.17, 15) is 13.2 Å². The summed E-state index contributed by atoms with van der Waals surface area (Å²) >= 11 is 0.